The van der Waals surface area contributed by atoms with E-state index in [0.717, 1.165) is 11.0 Å². The molecule has 0 saturated carbocycles. The van der Waals surface area contributed by atoms with Gasteiger partial charge in [-0.15, -0.1) is 0 Å². The smallest absolute Gasteiger partial charge is 0.444 e. The van der Waals surface area contributed by atoms with E-state index >= 15 is 0 Å². The summed E-state index contributed by atoms with van der Waals surface area (Å²) in [4.78, 5) is 15.8. The first-order valence-electron chi connectivity index (χ1n) is 9.16. The van der Waals surface area contributed by atoms with Crippen LogP contribution >= 0.6 is 0 Å². The molecule has 0 aromatic carbocycles. The Hall–Kier alpha value is -2.04. The van der Waals surface area contributed by atoms with Crippen molar-refractivity contribution in [3.63, 3.8) is 0 Å². The first-order chi connectivity index (χ1) is 12.4. The molecule has 1 amide bonds. The van der Waals surface area contributed by atoms with Gasteiger partial charge in [0.05, 0.1) is 11.2 Å². The monoisotopic (exact) mass is 372 g/mol. The largest absolute Gasteiger partial charge is 0.496 e. The lowest BCUT2D eigenvalue weighted by molar-refractivity contribution is 0.00578. The van der Waals surface area contributed by atoms with Crippen LogP contribution in [0.25, 0.3) is 0 Å². The number of carbonyl (C=O) groups is 1. The summed E-state index contributed by atoms with van der Waals surface area (Å²) in [5.74, 6) is 6.08. The third-order valence-corrected chi connectivity index (χ3v) is 4.44. The van der Waals surface area contributed by atoms with E-state index in [-0.39, 0.29) is 0 Å². The van der Waals surface area contributed by atoms with E-state index in [1.165, 1.54) is 0 Å². The van der Waals surface area contributed by atoms with Crippen molar-refractivity contribution in [2.45, 2.75) is 71.7 Å². The lowest BCUT2D eigenvalue weighted by atomic mass is 9.80. The first kappa shape index (κ1) is 21.3. The van der Waals surface area contributed by atoms with Gasteiger partial charge >= 0.3 is 13.2 Å². The van der Waals surface area contributed by atoms with Gasteiger partial charge < -0.3 is 19.4 Å². The number of pyridine rings is 1. The van der Waals surface area contributed by atoms with Crippen LogP contribution in [0.1, 0.15) is 60.5 Å². The molecular formula is C20H29BN2O4. The van der Waals surface area contributed by atoms with Crippen LogP contribution in [-0.4, -0.2) is 41.5 Å². The summed E-state index contributed by atoms with van der Waals surface area (Å²) in [5, 5.41) is 2.68. The number of nitrogens with one attached hydrogen (secondary N) is 1. The van der Waals surface area contributed by atoms with Gasteiger partial charge in [0, 0.05) is 36.4 Å². The van der Waals surface area contributed by atoms with Crippen molar-refractivity contribution in [1.29, 1.82) is 0 Å². The second-order valence-electron chi connectivity index (χ2n) is 8.58. The summed E-state index contributed by atoms with van der Waals surface area (Å²) in [7, 11) is -0.460. The van der Waals surface area contributed by atoms with E-state index in [4.69, 9.17) is 14.0 Å². The van der Waals surface area contributed by atoms with Crippen LogP contribution in [0.2, 0.25) is 0 Å². The summed E-state index contributed by atoms with van der Waals surface area (Å²) in [6.45, 7) is 14.0. The Labute approximate surface area is 162 Å². The summed E-state index contributed by atoms with van der Waals surface area (Å²) < 4.78 is 17.3. The third kappa shape index (κ3) is 5.98. The minimum absolute atomic E-state index is 0.396. The highest BCUT2D eigenvalue weighted by atomic mass is 16.7. The van der Waals surface area contributed by atoms with Crippen LogP contribution < -0.4 is 10.8 Å². The standard InChI is InChI=1S/C20H29BN2O4/c1-18(2,3)25-17(24)23-11-9-8-10-15-12-16(14-22-13-15)21-26-19(4,5)20(6,7)27-21/h12-14H,9,11H2,1-7H3,(H,23,24). The Morgan fingerprint density at radius 2 is 1.85 bits per heavy atom. The Bertz CT molecular complexity index is 728. The van der Waals surface area contributed by atoms with Gasteiger partial charge in [0.15, 0.2) is 0 Å². The molecule has 2 rings (SSSR count). The quantitative estimate of drug-likeness (QED) is 0.502. The number of carbonyl (C=O) groups excluding carboxylic acids is 1. The van der Waals surface area contributed by atoms with E-state index in [1.807, 2.05) is 54.5 Å². The number of amides is 1. The van der Waals surface area contributed by atoms with Gasteiger partial charge in [-0.25, -0.2) is 4.79 Å². The molecule has 1 fully saturated rings. The van der Waals surface area contributed by atoms with E-state index in [2.05, 4.69) is 22.1 Å². The maximum absolute atomic E-state index is 11.6. The molecular weight excluding hydrogens is 343 g/mol. The van der Waals surface area contributed by atoms with Crippen molar-refractivity contribution in [1.82, 2.24) is 10.3 Å². The molecule has 27 heavy (non-hydrogen) atoms. The maximum Gasteiger partial charge on any atom is 0.496 e. The molecule has 0 aliphatic carbocycles. The SMILES string of the molecule is CC(C)(C)OC(=O)NCCC#Cc1cncc(B2OC(C)(C)C(C)(C)O2)c1. The van der Waals surface area contributed by atoms with Crippen molar-refractivity contribution in [2.75, 3.05) is 6.54 Å². The minimum atomic E-state index is -0.505. The van der Waals surface area contributed by atoms with Crippen LogP contribution in [0.4, 0.5) is 4.79 Å². The van der Waals surface area contributed by atoms with Crippen molar-refractivity contribution >= 4 is 18.7 Å². The molecule has 1 saturated heterocycles. The first-order valence-corrected chi connectivity index (χ1v) is 9.16. The lowest BCUT2D eigenvalue weighted by Crippen LogP contribution is -2.41. The maximum atomic E-state index is 11.6. The summed E-state index contributed by atoms with van der Waals surface area (Å²) >= 11 is 0. The predicted molar refractivity (Wildman–Crippen MR) is 106 cm³/mol. The highest BCUT2D eigenvalue weighted by Crippen LogP contribution is 2.36. The average Bonchev–Trinajstić information content (AvgIpc) is 2.74. The van der Waals surface area contributed by atoms with Crippen LogP contribution in [0.3, 0.4) is 0 Å². The molecule has 1 N–H and O–H groups in total. The van der Waals surface area contributed by atoms with Gasteiger partial charge in [-0.3, -0.25) is 4.98 Å². The molecule has 1 aliphatic rings. The average molecular weight is 372 g/mol. The predicted octanol–water partition coefficient (Wildman–Crippen LogP) is 2.65. The molecule has 7 heteroatoms. The molecule has 0 spiro atoms. The van der Waals surface area contributed by atoms with E-state index in [9.17, 15) is 4.79 Å². The number of hydrogen-bond donors (Lipinski definition) is 1. The number of hydrogen-bond acceptors (Lipinski definition) is 5. The van der Waals surface area contributed by atoms with Gasteiger partial charge in [-0.1, -0.05) is 11.8 Å². The van der Waals surface area contributed by atoms with Crippen molar-refractivity contribution in [3.05, 3.63) is 24.0 Å². The second kappa shape index (κ2) is 7.91. The third-order valence-electron chi connectivity index (χ3n) is 4.44. The Morgan fingerprint density at radius 1 is 1.22 bits per heavy atom. The van der Waals surface area contributed by atoms with Gasteiger partial charge in [0.25, 0.3) is 0 Å². The van der Waals surface area contributed by atoms with Gasteiger partial charge in [0.1, 0.15) is 5.60 Å². The van der Waals surface area contributed by atoms with Crippen molar-refractivity contribution < 1.29 is 18.8 Å². The van der Waals surface area contributed by atoms with Crippen molar-refractivity contribution in [2.24, 2.45) is 0 Å². The molecule has 1 aromatic rings. The fraction of sp³-hybridized carbons (Fsp3) is 0.600. The summed E-state index contributed by atoms with van der Waals surface area (Å²) in [6.07, 6.45) is 3.51. The number of aromatic nitrogens is 1. The van der Waals surface area contributed by atoms with Crippen LogP contribution in [0.5, 0.6) is 0 Å². The Morgan fingerprint density at radius 3 is 2.44 bits per heavy atom. The fourth-order valence-corrected chi connectivity index (χ4v) is 2.34. The summed E-state index contributed by atoms with van der Waals surface area (Å²) in [5.41, 5.74) is 0.321. The van der Waals surface area contributed by atoms with Gasteiger partial charge in [0.2, 0.25) is 0 Å². The molecule has 146 valence electrons. The molecule has 0 unspecified atom stereocenters. The molecule has 6 nitrogen and oxygen atoms in total. The number of ether oxygens (including phenoxy) is 1. The number of nitrogens with zero attached hydrogens (tertiary/aromatic N) is 1. The van der Waals surface area contributed by atoms with Crippen LogP contribution in [0, 0.1) is 11.8 Å². The zero-order valence-corrected chi connectivity index (χ0v) is 17.3. The normalized spacial score (nSPS) is 17.8. The molecule has 0 bridgehead atoms. The lowest BCUT2D eigenvalue weighted by Gasteiger charge is -2.32. The highest BCUT2D eigenvalue weighted by molar-refractivity contribution is 6.62. The van der Waals surface area contributed by atoms with Crippen LogP contribution in [0.15, 0.2) is 18.5 Å². The molecule has 2 heterocycles. The topological polar surface area (TPSA) is 69.7 Å². The second-order valence-corrected chi connectivity index (χ2v) is 8.58. The Balaban J connectivity index is 1.90. The van der Waals surface area contributed by atoms with Gasteiger partial charge in [-0.2, -0.15) is 0 Å². The van der Waals surface area contributed by atoms with E-state index in [0.29, 0.717) is 13.0 Å². The molecule has 0 atom stereocenters. The minimum Gasteiger partial charge on any atom is -0.444 e. The molecule has 0 radical (unpaired) electrons. The molecule has 1 aliphatic heterocycles. The Kier molecular flexibility index (Phi) is 6.23. The van der Waals surface area contributed by atoms with Gasteiger partial charge in [-0.05, 0) is 54.5 Å². The van der Waals surface area contributed by atoms with E-state index in [1.54, 1.807) is 12.4 Å². The number of rotatable bonds is 3. The van der Waals surface area contributed by atoms with E-state index < -0.39 is 30.0 Å². The zero-order valence-electron chi connectivity index (χ0n) is 17.3. The van der Waals surface area contributed by atoms with Crippen LogP contribution in [-0.2, 0) is 14.0 Å². The summed E-state index contributed by atoms with van der Waals surface area (Å²) in [6, 6.07) is 1.92. The van der Waals surface area contributed by atoms with Crippen molar-refractivity contribution in [3.8, 4) is 11.8 Å². The number of alkyl carbamates (subject to hydrolysis) is 1. The fourth-order valence-electron chi connectivity index (χ4n) is 2.34. The highest BCUT2D eigenvalue weighted by Gasteiger charge is 2.51. The zero-order chi connectivity index (χ0) is 20.3. The molecule has 1 aromatic heterocycles.